The van der Waals surface area contributed by atoms with Crippen molar-refractivity contribution in [2.24, 2.45) is 5.92 Å². The van der Waals surface area contributed by atoms with Crippen LogP contribution in [0.5, 0.6) is 0 Å². The first-order chi connectivity index (χ1) is 11.2. The molecule has 23 heavy (non-hydrogen) atoms. The second-order valence-electron chi connectivity index (χ2n) is 6.35. The van der Waals surface area contributed by atoms with Crippen molar-refractivity contribution in [1.82, 2.24) is 5.32 Å². The Kier molecular flexibility index (Phi) is 10.7. The molecule has 0 unspecified atom stereocenters. The largest absolute Gasteiger partial charge is 0.469 e. The number of rotatable bonds is 11. The number of ether oxygens (including phenoxy) is 2. The van der Waals surface area contributed by atoms with E-state index < -0.39 is 0 Å². The summed E-state index contributed by atoms with van der Waals surface area (Å²) in [7, 11) is 1.47. The van der Waals surface area contributed by atoms with Gasteiger partial charge in [0.15, 0.2) is 0 Å². The van der Waals surface area contributed by atoms with Gasteiger partial charge in [0.1, 0.15) is 0 Å². The van der Waals surface area contributed by atoms with E-state index in [1.54, 1.807) is 0 Å². The Morgan fingerprint density at radius 3 is 2.30 bits per heavy atom. The highest BCUT2D eigenvalue weighted by Crippen LogP contribution is 2.25. The fourth-order valence-electron chi connectivity index (χ4n) is 3.16. The maximum atomic E-state index is 11.5. The van der Waals surface area contributed by atoms with Gasteiger partial charge in [0, 0.05) is 12.5 Å². The van der Waals surface area contributed by atoms with Crippen LogP contribution in [-0.4, -0.2) is 38.2 Å². The lowest BCUT2D eigenvalue weighted by Gasteiger charge is -2.27. The third kappa shape index (κ3) is 8.94. The highest BCUT2D eigenvalue weighted by atomic mass is 16.5. The Morgan fingerprint density at radius 1 is 1.00 bits per heavy atom. The van der Waals surface area contributed by atoms with E-state index in [9.17, 15) is 9.59 Å². The van der Waals surface area contributed by atoms with E-state index >= 15 is 0 Å². The van der Waals surface area contributed by atoms with Crippen molar-refractivity contribution in [1.29, 1.82) is 0 Å². The van der Waals surface area contributed by atoms with E-state index in [-0.39, 0.29) is 17.9 Å². The molecule has 0 atom stereocenters. The second kappa shape index (κ2) is 12.3. The smallest absolute Gasteiger partial charge is 0.308 e. The molecule has 0 aromatic carbocycles. The van der Waals surface area contributed by atoms with Crippen LogP contribution in [0.15, 0.2) is 0 Å². The van der Waals surface area contributed by atoms with Gasteiger partial charge in [-0.3, -0.25) is 9.59 Å². The molecule has 1 aliphatic carbocycles. The van der Waals surface area contributed by atoms with E-state index in [0.717, 1.165) is 45.1 Å². The minimum Gasteiger partial charge on any atom is -0.469 e. The van der Waals surface area contributed by atoms with Crippen molar-refractivity contribution in [3.8, 4) is 0 Å². The van der Waals surface area contributed by atoms with Crippen LogP contribution in [0.1, 0.15) is 71.1 Å². The van der Waals surface area contributed by atoms with Gasteiger partial charge in [-0.15, -0.1) is 0 Å². The maximum absolute atomic E-state index is 11.5. The Labute approximate surface area is 140 Å². The normalized spacial score (nSPS) is 21.0. The van der Waals surface area contributed by atoms with Gasteiger partial charge in [0.2, 0.25) is 0 Å². The predicted octanol–water partition coefficient (Wildman–Crippen LogP) is 3.21. The summed E-state index contributed by atoms with van der Waals surface area (Å²) in [5, 5.41) is 3.60. The van der Waals surface area contributed by atoms with Crippen LogP contribution in [0.2, 0.25) is 0 Å². The van der Waals surface area contributed by atoms with E-state index in [0.29, 0.717) is 19.1 Å². The summed E-state index contributed by atoms with van der Waals surface area (Å²) in [5.74, 6) is -0.0135. The van der Waals surface area contributed by atoms with E-state index in [1.165, 1.54) is 26.4 Å². The lowest BCUT2D eigenvalue weighted by molar-refractivity contribution is -0.146. The summed E-state index contributed by atoms with van der Waals surface area (Å²) in [5.41, 5.74) is 0. The molecule has 5 heteroatoms. The van der Waals surface area contributed by atoms with E-state index in [1.807, 2.05) is 6.92 Å². The molecule has 1 fully saturated rings. The summed E-state index contributed by atoms with van der Waals surface area (Å²) >= 11 is 0. The average Bonchev–Trinajstić information content (AvgIpc) is 2.57. The molecule has 0 spiro atoms. The van der Waals surface area contributed by atoms with Crippen molar-refractivity contribution in [3.63, 3.8) is 0 Å². The molecular weight excluding hydrogens is 294 g/mol. The zero-order valence-electron chi connectivity index (χ0n) is 14.8. The van der Waals surface area contributed by atoms with Crippen molar-refractivity contribution in [2.75, 3.05) is 20.3 Å². The third-order valence-corrected chi connectivity index (χ3v) is 4.56. The van der Waals surface area contributed by atoms with Gasteiger partial charge in [-0.1, -0.05) is 19.3 Å². The zero-order valence-corrected chi connectivity index (χ0v) is 14.8. The molecule has 0 bridgehead atoms. The van der Waals surface area contributed by atoms with Crippen LogP contribution < -0.4 is 5.32 Å². The molecule has 134 valence electrons. The van der Waals surface area contributed by atoms with Crippen LogP contribution in [0.4, 0.5) is 0 Å². The zero-order chi connectivity index (χ0) is 16.9. The van der Waals surface area contributed by atoms with E-state index in [2.05, 4.69) is 5.32 Å². The molecule has 0 aromatic heterocycles. The average molecular weight is 327 g/mol. The molecule has 0 radical (unpaired) electrons. The molecular formula is C18H33NO4. The van der Waals surface area contributed by atoms with Crippen molar-refractivity contribution in [3.05, 3.63) is 0 Å². The predicted molar refractivity (Wildman–Crippen MR) is 90.1 cm³/mol. The van der Waals surface area contributed by atoms with Crippen LogP contribution in [0.25, 0.3) is 0 Å². The molecule has 0 saturated heterocycles. The van der Waals surface area contributed by atoms with Crippen molar-refractivity contribution in [2.45, 2.75) is 77.2 Å². The number of esters is 2. The number of unbranched alkanes of at least 4 members (excludes halogenated alkanes) is 4. The van der Waals surface area contributed by atoms with Gasteiger partial charge in [-0.2, -0.15) is 0 Å². The van der Waals surface area contributed by atoms with Crippen LogP contribution in [-0.2, 0) is 19.1 Å². The van der Waals surface area contributed by atoms with Crippen LogP contribution in [0.3, 0.4) is 0 Å². The third-order valence-electron chi connectivity index (χ3n) is 4.56. The molecule has 1 rings (SSSR count). The molecule has 0 heterocycles. The second-order valence-corrected chi connectivity index (χ2v) is 6.35. The Bertz CT molecular complexity index is 338. The lowest BCUT2D eigenvalue weighted by atomic mass is 9.86. The van der Waals surface area contributed by atoms with Gasteiger partial charge < -0.3 is 14.8 Å². The number of nitrogens with one attached hydrogen (secondary N) is 1. The number of hydrogen-bond acceptors (Lipinski definition) is 5. The number of carbonyl (C=O) groups excluding carboxylic acids is 2. The van der Waals surface area contributed by atoms with Crippen LogP contribution >= 0.6 is 0 Å². The SMILES string of the molecule is CCOC(=O)CCCCCCCNC1CCC(C(=O)OC)CC1. The summed E-state index contributed by atoms with van der Waals surface area (Å²) in [6.45, 7) is 3.37. The van der Waals surface area contributed by atoms with Gasteiger partial charge in [0.05, 0.1) is 19.6 Å². The summed E-state index contributed by atoms with van der Waals surface area (Å²) in [6, 6.07) is 0.555. The minimum atomic E-state index is -0.0725. The van der Waals surface area contributed by atoms with Gasteiger partial charge in [0.25, 0.3) is 0 Å². The Morgan fingerprint density at radius 2 is 1.65 bits per heavy atom. The van der Waals surface area contributed by atoms with Gasteiger partial charge >= 0.3 is 11.9 Å². The quantitative estimate of drug-likeness (QED) is 0.466. The summed E-state index contributed by atoms with van der Waals surface area (Å²) in [6.07, 6.45) is 10.2. The van der Waals surface area contributed by atoms with Crippen LogP contribution in [0, 0.1) is 5.92 Å². The Hall–Kier alpha value is -1.10. The maximum Gasteiger partial charge on any atom is 0.308 e. The summed E-state index contributed by atoms with van der Waals surface area (Å²) < 4.78 is 9.72. The number of methoxy groups -OCH3 is 1. The van der Waals surface area contributed by atoms with Crippen molar-refractivity contribution >= 4 is 11.9 Å². The molecule has 1 aliphatic rings. The first-order valence-electron chi connectivity index (χ1n) is 9.14. The standard InChI is InChI=1S/C18H33NO4/c1-3-23-17(20)9-7-5-4-6-8-14-19-16-12-10-15(11-13-16)18(21)22-2/h15-16,19H,3-14H2,1-2H3. The number of hydrogen-bond donors (Lipinski definition) is 1. The topological polar surface area (TPSA) is 64.6 Å². The fraction of sp³-hybridized carbons (Fsp3) is 0.889. The van der Waals surface area contributed by atoms with Gasteiger partial charge in [-0.05, 0) is 52.0 Å². The first-order valence-corrected chi connectivity index (χ1v) is 9.14. The first kappa shape index (κ1) is 19.9. The Balaban J connectivity index is 1.90. The van der Waals surface area contributed by atoms with E-state index in [4.69, 9.17) is 9.47 Å². The molecule has 0 amide bonds. The fourth-order valence-corrected chi connectivity index (χ4v) is 3.16. The lowest BCUT2D eigenvalue weighted by Crippen LogP contribution is -2.35. The molecule has 1 N–H and O–H groups in total. The number of carbonyl (C=O) groups is 2. The molecule has 5 nitrogen and oxygen atoms in total. The van der Waals surface area contributed by atoms with Crippen molar-refractivity contribution < 1.29 is 19.1 Å². The highest BCUT2D eigenvalue weighted by Gasteiger charge is 2.26. The molecule has 1 saturated carbocycles. The summed E-state index contributed by atoms with van der Waals surface area (Å²) in [4.78, 5) is 22.6. The monoisotopic (exact) mass is 327 g/mol. The molecule has 0 aromatic rings. The highest BCUT2D eigenvalue weighted by molar-refractivity contribution is 5.72. The minimum absolute atomic E-state index is 0.0498. The molecule has 0 aliphatic heterocycles. The van der Waals surface area contributed by atoms with Gasteiger partial charge in [-0.25, -0.2) is 0 Å².